The Morgan fingerprint density at radius 3 is 3.00 bits per heavy atom. The molecule has 0 aromatic heterocycles. The number of halogens is 1. The predicted molar refractivity (Wildman–Crippen MR) is 63.4 cm³/mol. The van der Waals surface area contributed by atoms with Crippen molar-refractivity contribution < 1.29 is 4.79 Å². The number of anilines is 1. The van der Waals surface area contributed by atoms with Crippen molar-refractivity contribution in [3.8, 4) is 0 Å². The van der Waals surface area contributed by atoms with Crippen LogP contribution in [0.5, 0.6) is 0 Å². The third kappa shape index (κ3) is 2.70. The van der Waals surface area contributed by atoms with Crippen molar-refractivity contribution >= 4 is 24.0 Å². The fraction of sp³-hybridized carbons (Fsp3) is 0.364. The summed E-state index contributed by atoms with van der Waals surface area (Å²) < 4.78 is 0. The number of fused-ring (bicyclic) bond motifs is 1. The molecule has 1 aliphatic rings. The summed E-state index contributed by atoms with van der Waals surface area (Å²) in [7, 11) is 0. The largest absolute Gasteiger partial charge is 0.326 e. The van der Waals surface area contributed by atoms with E-state index in [4.69, 9.17) is 0 Å². The summed E-state index contributed by atoms with van der Waals surface area (Å²) in [5.41, 5.74) is 3.52. The number of benzene rings is 1. The van der Waals surface area contributed by atoms with Gasteiger partial charge in [-0.3, -0.25) is 4.79 Å². The van der Waals surface area contributed by atoms with Gasteiger partial charge in [-0.2, -0.15) is 0 Å². The fourth-order valence-corrected chi connectivity index (χ4v) is 1.82. The summed E-state index contributed by atoms with van der Waals surface area (Å²) in [4.78, 5) is 11.0. The first-order chi connectivity index (χ1) is 6.77. The van der Waals surface area contributed by atoms with E-state index in [1.165, 1.54) is 18.1 Å². The van der Waals surface area contributed by atoms with Crippen LogP contribution in [0.2, 0.25) is 0 Å². The van der Waals surface area contributed by atoms with Gasteiger partial charge in [-0.15, -0.1) is 12.4 Å². The molecule has 0 fully saturated rings. The number of hydrogen-bond acceptors (Lipinski definition) is 2. The highest BCUT2D eigenvalue weighted by atomic mass is 35.5. The molecule has 0 radical (unpaired) electrons. The average molecular weight is 227 g/mol. The predicted octanol–water partition coefficient (Wildman–Crippen LogP) is 1.71. The van der Waals surface area contributed by atoms with Crippen molar-refractivity contribution in [1.29, 1.82) is 0 Å². The van der Waals surface area contributed by atoms with Gasteiger partial charge in [-0.05, 0) is 30.2 Å². The molecule has 2 N–H and O–H groups in total. The van der Waals surface area contributed by atoms with E-state index in [2.05, 4.69) is 16.7 Å². The molecule has 82 valence electrons. The molecule has 1 heterocycles. The molecule has 1 amide bonds. The highest BCUT2D eigenvalue weighted by molar-refractivity contribution is 5.89. The smallest absolute Gasteiger partial charge is 0.221 e. The molecular formula is C11H15ClN2O. The van der Waals surface area contributed by atoms with Crippen LogP contribution in [-0.4, -0.2) is 12.5 Å². The SMILES string of the molecule is CC(=O)Nc1cccc2c1CNCC2.Cl. The van der Waals surface area contributed by atoms with Crippen molar-refractivity contribution in [2.75, 3.05) is 11.9 Å². The van der Waals surface area contributed by atoms with Crippen LogP contribution < -0.4 is 10.6 Å². The minimum atomic E-state index is -0.0102. The zero-order valence-electron chi connectivity index (χ0n) is 8.67. The first kappa shape index (κ1) is 12.0. The normalized spacial score (nSPS) is 13.7. The van der Waals surface area contributed by atoms with Crippen LogP contribution in [0.25, 0.3) is 0 Å². The maximum atomic E-state index is 11.0. The molecule has 1 aliphatic heterocycles. The van der Waals surface area contributed by atoms with E-state index in [0.717, 1.165) is 25.2 Å². The second-order valence-corrected chi connectivity index (χ2v) is 3.55. The molecule has 3 nitrogen and oxygen atoms in total. The van der Waals surface area contributed by atoms with Crippen LogP contribution >= 0.6 is 12.4 Å². The van der Waals surface area contributed by atoms with Crippen LogP contribution in [0.3, 0.4) is 0 Å². The molecule has 1 aromatic rings. The fourth-order valence-electron chi connectivity index (χ4n) is 1.82. The zero-order valence-corrected chi connectivity index (χ0v) is 9.49. The minimum absolute atomic E-state index is 0. The standard InChI is InChI=1S/C11H14N2O.ClH/c1-8(14)13-11-4-2-3-9-5-6-12-7-10(9)11;/h2-4,12H,5-7H2,1H3,(H,13,14);1H. The molecule has 15 heavy (non-hydrogen) atoms. The van der Waals surface area contributed by atoms with Gasteiger partial charge >= 0.3 is 0 Å². The third-order valence-electron chi connectivity index (χ3n) is 2.46. The van der Waals surface area contributed by atoms with E-state index >= 15 is 0 Å². The van der Waals surface area contributed by atoms with Crippen LogP contribution in [0.15, 0.2) is 18.2 Å². The Morgan fingerprint density at radius 2 is 2.27 bits per heavy atom. The lowest BCUT2D eigenvalue weighted by atomic mass is 9.99. The minimum Gasteiger partial charge on any atom is -0.326 e. The Hall–Kier alpha value is -1.06. The lowest BCUT2D eigenvalue weighted by molar-refractivity contribution is -0.114. The van der Waals surface area contributed by atoms with Gasteiger partial charge in [0.1, 0.15) is 0 Å². The summed E-state index contributed by atoms with van der Waals surface area (Å²) in [5.74, 6) is -0.0102. The summed E-state index contributed by atoms with van der Waals surface area (Å²) in [6.07, 6.45) is 1.04. The number of amides is 1. The van der Waals surface area contributed by atoms with E-state index in [0.29, 0.717) is 0 Å². The molecule has 1 aromatic carbocycles. The Morgan fingerprint density at radius 1 is 1.47 bits per heavy atom. The van der Waals surface area contributed by atoms with Crippen molar-refractivity contribution in [2.24, 2.45) is 0 Å². The van der Waals surface area contributed by atoms with Gasteiger partial charge in [0.05, 0.1) is 0 Å². The lowest BCUT2D eigenvalue weighted by Crippen LogP contribution is -2.25. The average Bonchev–Trinajstić information content (AvgIpc) is 2.18. The first-order valence-corrected chi connectivity index (χ1v) is 4.86. The van der Waals surface area contributed by atoms with Crippen LogP contribution in [0, 0.1) is 0 Å². The van der Waals surface area contributed by atoms with Crippen molar-refractivity contribution in [3.63, 3.8) is 0 Å². The van der Waals surface area contributed by atoms with Crippen LogP contribution in [-0.2, 0) is 17.8 Å². The summed E-state index contributed by atoms with van der Waals surface area (Å²) >= 11 is 0. The topological polar surface area (TPSA) is 41.1 Å². The summed E-state index contributed by atoms with van der Waals surface area (Å²) in [6.45, 7) is 3.41. The Kier molecular flexibility index (Phi) is 4.12. The quantitative estimate of drug-likeness (QED) is 0.766. The molecule has 0 spiro atoms. The van der Waals surface area contributed by atoms with Crippen LogP contribution in [0.1, 0.15) is 18.1 Å². The number of carbonyl (C=O) groups excluding carboxylic acids is 1. The van der Waals surface area contributed by atoms with Gasteiger partial charge in [0, 0.05) is 19.2 Å². The number of rotatable bonds is 1. The second-order valence-electron chi connectivity index (χ2n) is 3.55. The van der Waals surface area contributed by atoms with E-state index in [9.17, 15) is 4.79 Å². The van der Waals surface area contributed by atoms with Gasteiger partial charge < -0.3 is 10.6 Å². The molecular weight excluding hydrogens is 212 g/mol. The van der Waals surface area contributed by atoms with Crippen molar-refractivity contribution in [1.82, 2.24) is 5.32 Å². The zero-order chi connectivity index (χ0) is 9.97. The molecule has 2 rings (SSSR count). The van der Waals surface area contributed by atoms with Gasteiger partial charge in [0.25, 0.3) is 0 Å². The van der Waals surface area contributed by atoms with Gasteiger partial charge in [-0.25, -0.2) is 0 Å². The Balaban J connectivity index is 0.00000112. The van der Waals surface area contributed by atoms with Crippen LogP contribution in [0.4, 0.5) is 5.69 Å². The van der Waals surface area contributed by atoms with Crippen molar-refractivity contribution in [2.45, 2.75) is 19.9 Å². The highest BCUT2D eigenvalue weighted by Gasteiger charge is 2.12. The molecule has 4 heteroatoms. The van der Waals surface area contributed by atoms with E-state index < -0.39 is 0 Å². The molecule has 0 aliphatic carbocycles. The molecule has 0 saturated heterocycles. The molecule has 0 atom stereocenters. The monoisotopic (exact) mass is 226 g/mol. The molecule has 0 bridgehead atoms. The maximum absolute atomic E-state index is 11.0. The van der Waals surface area contributed by atoms with E-state index in [1.807, 2.05) is 12.1 Å². The van der Waals surface area contributed by atoms with Gasteiger partial charge in [0.15, 0.2) is 0 Å². The second kappa shape index (κ2) is 5.14. The highest BCUT2D eigenvalue weighted by Crippen LogP contribution is 2.22. The van der Waals surface area contributed by atoms with Gasteiger partial charge in [-0.1, -0.05) is 12.1 Å². The molecule has 0 unspecified atom stereocenters. The Labute approximate surface area is 95.7 Å². The number of nitrogens with one attached hydrogen (secondary N) is 2. The van der Waals surface area contributed by atoms with Gasteiger partial charge in [0.2, 0.25) is 5.91 Å². The van der Waals surface area contributed by atoms with E-state index in [-0.39, 0.29) is 18.3 Å². The maximum Gasteiger partial charge on any atom is 0.221 e. The number of carbonyl (C=O) groups is 1. The summed E-state index contributed by atoms with van der Waals surface area (Å²) in [5, 5.41) is 6.16. The number of hydrogen-bond donors (Lipinski definition) is 2. The molecule has 0 saturated carbocycles. The Bertz CT molecular complexity index is 366. The van der Waals surface area contributed by atoms with Crippen molar-refractivity contribution in [3.05, 3.63) is 29.3 Å². The first-order valence-electron chi connectivity index (χ1n) is 4.86. The third-order valence-corrected chi connectivity index (χ3v) is 2.46. The lowest BCUT2D eigenvalue weighted by Gasteiger charge is -2.20. The van der Waals surface area contributed by atoms with E-state index in [1.54, 1.807) is 0 Å². The summed E-state index contributed by atoms with van der Waals surface area (Å²) in [6, 6.07) is 6.07.